The van der Waals surface area contributed by atoms with Crippen LogP contribution in [0.5, 0.6) is 0 Å². The lowest BCUT2D eigenvalue weighted by Gasteiger charge is -2.30. The summed E-state index contributed by atoms with van der Waals surface area (Å²) < 4.78 is 5.13. The van der Waals surface area contributed by atoms with Gasteiger partial charge in [-0.1, -0.05) is 5.16 Å². The van der Waals surface area contributed by atoms with Crippen molar-refractivity contribution in [1.29, 1.82) is 0 Å². The monoisotopic (exact) mass is 213 g/mol. The fraction of sp³-hybridized carbons (Fsp3) is 0.600. The molecule has 84 valence electrons. The van der Waals surface area contributed by atoms with Crippen LogP contribution in [-0.4, -0.2) is 29.5 Å². The summed E-state index contributed by atoms with van der Waals surface area (Å²) in [4.78, 5) is 16.1. The van der Waals surface area contributed by atoms with Gasteiger partial charge in [0.15, 0.2) is 0 Å². The number of carbonyl (C=O) groups excluding carboxylic acids is 1. The lowest BCUT2D eigenvalue weighted by atomic mass is 9.96. The van der Waals surface area contributed by atoms with Gasteiger partial charge < -0.3 is 14.7 Å². The molecule has 0 bridgehead atoms. The first-order valence-electron chi connectivity index (χ1n) is 4.61. The van der Waals surface area contributed by atoms with Gasteiger partial charge in [-0.15, -0.1) is 0 Å². The molecule has 1 heterocycles. The first-order chi connectivity index (χ1) is 6.87. The minimum absolute atomic E-state index is 0.00505. The van der Waals surface area contributed by atoms with Gasteiger partial charge in [0.25, 0.3) is 0 Å². The van der Waals surface area contributed by atoms with Crippen LogP contribution in [0, 0.1) is 0 Å². The van der Waals surface area contributed by atoms with Crippen molar-refractivity contribution < 1.29 is 19.5 Å². The number of oxime groups is 1. The summed E-state index contributed by atoms with van der Waals surface area (Å²) in [5.74, 6) is -0.573. The van der Waals surface area contributed by atoms with Crippen LogP contribution in [0.3, 0.4) is 0 Å². The molecule has 0 saturated carbocycles. The quantitative estimate of drug-likeness (QED) is 0.429. The van der Waals surface area contributed by atoms with E-state index in [0.29, 0.717) is 5.71 Å². The van der Waals surface area contributed by atoms with Crippen LogP contribution in [0.1, 0.15) is 27.2 Å². The molecule has 1 N–H and O–H groups in total. The molecule has 0 fully saturated rings. The summed E-state index contributed by atoms with van der Waals surface area (Å²) in [7, 11) is 1.37. The van der Waals surface area contributed by atoms with E-state index < -0.39 is 11.6 Å². The maximum atomic E-state index is 11.6. The average Bonchev–Trinajstić information content (AvgIpc) is 1.99. The number of cyclic esters (lactones) is 1. The number of ether oxygens (including phenoxy) is 1. The fourth-order valence-electron chi connectivity index (χ4n) is 1.49. The second-order valence-corrected chi connectivity index (χ2v) is 4.01. The topological polar surface area (TPSA) is 68.1 Å². The number of aliphatic hydroxyl groups excluding tert-OH is 1. The second kappa shape index (κ2) is 3.92. The molecule has 0 amide bonds. The zero-order chi connectivity index (χ0) is 11.6. The molecule has 5 heteroatoms. The summed E-state index contributed by atoms with van der Waals surface area (Å²) in [5.41, 5.74) is -0.260. The number of hydrogen-bond acceptors (Lipinski definition) is 5. The molecule has 0 aromatic rings. The Bertz CT molecular complexity index is 341. The highest BCUT2D eigenvalue weighted by atomic mass is 16.6. The molecule has 5 nitrogen and oxygen atoms in total. The third kappa shape index (κ3) is 2.49. The van der Waals surface area contributed by atoms with Gasteiger partial charge in [0.05, 0.1) is 5.71 Å². The van der Waals surface area contributed by atoms with Crippen molar-refractivity contribution in [2.24, 2.45) is 5.16 Å². The number of carbonyl (C=O) groups is 1. The summed E-state index contributed by atoms with van der Waals surface area (Å²) >= 11 is 0. The van der Waals surface area contributed by atoms with E-state index in [1.54, 1.807) is 20.8 Å². The van der Waals surface area contributed by atoms with Crippen molar-refractivity contribution in [3.05, 3.63) is 11.3 Å². The third-order valence-corrected chi connectivity index (χ3v) is 2.04. The SMILES string of the molecule is CO/N=C(\C)C1=C(O)CC(C)(C)OC1=O. The van der Waals surface area contributed by atoms with Gasteiger partial charge >= 0.3 is 5.97 Å². The van der Waals surface area contributed by atoms with Crippen LogP contribution in [0.25, 0.3) is 0 Å². The maximum Gasteiger partial charge on any atom is 0.344 e. The van der Waals surface area contributed by atoms with Crippen LogP contribution >= 0.6 is 0 Å². The number of hydrogen-bond donors (Lipinski definition) is 1. The van der Waals surface area contributed by atoms with Crippen LogP contribution < -0.4 is 0 Å². The van der Waals surface area contributed by atoms with Crippen molar-refractivity contribution in [3.8, 4) is 0 Å². The first-order valence-corrected chi connectivity index (χ1v) is 4.61. The van der Waals surface area contributed by atoms with Gasteiger partial charge in [0, 0.05) is 6.42 Å². The zero-order valence-electron chi connectivity index (χ0n) is 9.33. The Morgan fingerprint density at radius 1 is 1.60 bits per heavy atom. The molecule has 15 heavy (non-hydrogen) atoms. The molecular formula is C10H15NO4. The fourth-order valence-corrected chi connectivity index (χ4v) is 1.49. The Morgan fingerprint density at radius 3 is 2.67 bits per heavy atom. The Balaban J connectivity index is 3.08. The predicted octanol–water partition coefficient (Wildman–Crippen LogP) is 1.55. The Morgan fingerprint density at radius 2 is 2.20 bits per heavy atom. The number of rotatable bonds is 2. The molecule has 0 spiro atoms. The van der Waals surface area contributed by atoms with Gasteiger partial charge in [-0.05, 0) is 20.8 Å². The minimum atomic E-state index is -0.669. The lowest BCUT2D eigenvalue weighted by molar-refractivity contribution is -0.153. The van der Waals surface area contributed by atoms with Gasteiger partial charge in [-0.3, -0.25) is 0 Å². The van der Waals surface area contributed by atoms with Gasteiger partial charge in [0.1, 0.15) is 24.0 Å². The maximum absolute atomic E-state index is 11.6. The van der Waals surface area contributed by atoms with Crippen molar-refractivity contribution in [2.75, 3.05) is 7.11 Å². The first kappa shape index (κ1) is 11.6. The van der Waals surface area contributed by atoms with E-state index in [1.165, 1.54) is 7.11 Å². The standard InChI is InChI=1S/C10H15NO4/c1-6(11-14-4)8-7(12)5-10(2,3)15-9(8)13/h12H,5H2,1-4H3/b11-6+. The van der Waals surface area contributed by atoms with E-state index in [2.05, 4.69) is 9.99 Å². The number of esters is 1. The Hall–Kier alpha value is -1.52. The summed E-state index contributed by atoms with van der Waals surface area (Å²) in [6, 6.07) is 0. The van der Waals surface area contributed by atoms with Crippen molar-refractivity contribution in [1.82, 2.24) is 0 Å². The van der Waals surface area contributed by atoms with E-state index in [-0.39, 0.29) is 17.8 Å². The van der Waals surface area contributed by atoms with Gasteiger partial charge in [0.2, 0.25) is 0 Å². The molecule has 1 rings (SSSR count). The van der Waals surface area contributed by atoms with Crippen LogP contribution in [0.2, 0.25) is 0 Å². The largest absolute Gasteiger partial charge is 0.511 e. The predicted molar refractivity (Wildman–Crippen MR) is 54.6 cm³/mol. The van der Waals surface area contributed by atoms with E-state index in [9.17, 15) is 9.90 Å². The molecule has 0 aliphatic carbocycles. The van der Waals surface area contributed by atoms with Gasteiger partial charge in [-0.25, -0.2) is 4.79 Å². The summed E-state index contributed by atoms with van der Waals surface area (Å²) in [6.07, 6.45) is 0.282. The molecule has 0 aromatic heterocycles. The van der Waals surface area contributed by atoms with E-state index in [4.69, 9.17) is 4.74 Å². The van der Waals surface area contributed by atoms with Crippen LogP contribution in [0.4, 0.5) is 0 Å². The highest BCUT2D eigenvalue weighted by Crippen LogP contribution is 2.28. The smallest absolute Gasteiger partial charge is 0.344 e. The number of aliphatic hydroxyl groups is 1. The normalized spacial score (nSPS) is 21.3. The molecular weight excluding hydrogens is 198 g/mol. The second-order valence-electron chi connectivity index (χ2n) is 4.01. The summed E-state index contributed by atoms with van der Waals surface area (Å²) in [6.45, 7) is 5.05. The van der Waals surface area contributed by atoms with Crippen molar-refractivity contribution in [3.63, 3.8) is 0 Å². The molecule has 0 saturated heterocycles. The van der Waals surface area contributed by atoms with Gasteiger partial charge in [-0.2, -0.15) is 0 Å². The third-order valence-electron chi connectivity index (χ3n) is 2.04. The van der Waals surface area contributed by atoms with Crippen molar-refractivity contribution >= 4 is 11.7 Å². The molecule has 0 aromatic carbocycles. The van der Waals surface area contributed by atoms with E-state index in [1.807, 2.05) is 0 Å². The highest BCUT2D eigenvalue weighted by molar-refractivity contribution is 6.19. The lowest BCUT2D eigenvalue weighted by Crippen LogP contribution is -2.36. The Kier molecular flexibility index (Phi) is 3.02. The van der Waals surface area contributed by atoms with E-state index in [0.717, 1.165) is 0 Å². The molecule has 0 unspecified atom stereocenters. The average molecular weight is 213 g/mol. The minimum Gasteiger partial charge on any atom is -0.511 e. The zero-order valence-corrected chi connectivity index (χ0v) is 9.33. The van der Waals surface area contributed by atoms with E-state index >= 15 is 0 Å². The summed E-state index contributed by atoms with van der Waals surface area (Å²) in [5, 5.41) is 13.3. The molecule has 0 atom stereocenters. The molecule has 1 aliphatic heterocycles. The van der Waals surface area contributed by atoms with Crippen LogP contribution in [0.15, 0.2) is 16.5 Å². The number of nitrogens with zero attached hydrogens (tertiary/aromatic N) is 1. The van der Waals surface area contributed by atoms with Crippen LogP contribution in [-0.2, 0) is 14.4 Å². The molecule has 1 aliphatic rings. The Labute approximate surface area is 88.4 Å². The molecule has 0 radical (unpaired) electrons. The van der Waals surface area contributed by atoms with Crippen molar-refractivity contribution in [2.45, 2.75) is 32.8 Å². The highest BCUT2D eigenvalue weighted by Gasteiger charge is 2.35.